The van der Waals surface area contributed by atoms with Crippen LogP contribution in [0.3, 0.4) is 0 Å². The number of carbonyl (C=O) groups is 1. The Morgan fingerprint density at radius 1 is 1.29 bits per heavy atom. The van der Waals surface area contributed by atoms with Crippen molar-refractivity contribution in [1.29, 1.82) is 0 Å². The van der Waals surface area contributed by atoms with Crippen LogP contribution in [-0.4, -0.2) is 36.5 Å². The number of aliphatic hydroxyl groups is 1. The monoisotopic (exact) mass is 240 g/mol. The second-order valence-electron chi connectivity index (χ2n) is 3.52. The number of carboxylic acid groups (broad SMARTS) is 1. The van der Waals surface area contributed by atoms with Gasteiger partial charge in [-0.25, -0.2) is 4.79 Å². The number of methoxy groups -OCH3 is 1. The molecule has 17 heavy (non-hydrogen) atoms. The summed E-state index contributed by atoms with van der Waals surface area (Å²) in [6.07, 6.45) is 0.724. The van der Waals surface area contributed by atoms with E-state index < -0.39 is 5.97 Å². The van der Waals surface area contributed by atoms with Crippen LogP contribution in [0.25, 0.3) is 0 Å². The lowest BCUT2D eigenvalue weighted by atomic mass is 10.1. The molecule has 0 fully saturated rings. The van der Waals surface area contributed by atoms with Gasteiger partial charge in [0.1, 0.15) is 5.75 Å². The van der Waals surface area contributed by atoms with Crippen molar-refractivity contribution in [3.63, 3.8) is 0 Å². The van der Waals surface area contributed by atoms with E-state index in [4.69, 9.17) is 19.7 Å². The molecule has 0 aliphatic rings. The molecular formula is C12H16O5. The Hall–Kier alpha value is -1.59. The molecule has 1 aromatic carbocycles. The number of benzene rings is 1. The summed E-state index contributed by atoms with van der Waals surface area (Å²) in [6.45, 7) is 0.822. The highest BCUT2D eigenvalue weighted by Crippen LogP contribution is 2.18. The highest BCUT2D eigenvalue weighted by Gasteiger charge is 2.07. The Morgan fingerprint density at radius 2 is 2.06 bits per heavy atom. The van der Waals surface area contributed by atoms with E-state index in [-0.39, 0.29) is 12.2 Å². The molecule has 0 unspecified atom stereocenters. The van der Waals surface area contributed by atoms with Crippen LogP contribution in [0.1, 0.15) is 22.3 Å². The van der Waals surface area contributed by atoms with Gasteiger partial charge in [0.2, 0.25) is 0 Å². The molecule has 0 saturated heterocycles. The van der Waals surface area contributed by atoms with Crippen molar-refractivity contribution < 1.29 is 24.5 Å². The molecule has 5 nitrogen and oxygen atoms in total. The molecule has 0 aliphatic heterocycles. The van der Waals surface area contributed by atoms with Crippen LogP contribution in [-0.2, 0) is 11.3 Å². The van der Waals surface area contributed by atoms with Crippen molar-refractivity contribution in [3.05, 3.63) is 29.3 Å². The van der Waals surface area contributed by atoms with Crippen LogP contribution in [0.2, 0.25) is 0 Å². The molecule has 1 rings (SSSR count). The Labute approximate surface area is 99.6 Å². The molecule has 0 atom stereocenters. The molecule has 0 aromatic heterocycles. The van der Waals surface area contributed by atoms with Gasteiger partial charge in [-0.3, -0.25) is 0 Å². The summed E-state index contributed by atoms with van der Waals surface area (Å²) >= 11 is 0. The van der Waals surface area contributed by atoms with E-state index in [1.807, 2.05) is 0 Å². The van der Waals surface area contributed by atoms with Gasteiger partial charge in [0, 0.05) is 20.1 Å². The number of aromatic carboxylic acids is 1. The normalized spacial score (nSPS) is 10.2. The van der Waals surface area contributed by atoms with Gasteiger partial charge < -0.3 is 19.7 Å². The molecule has 0 spiro atoms. The number of carboxylic acids is 1. The SMILES string of the molecule is COCCCOc1cc(CO)cc(C(=O)O)c1. The molecule has 1 aromatic rings. The molecule has 0 aliphatic carbocycles. The Kier molecular flexibility index (Phi) is 5.45. The van der Waals surface area contributed by atoms with Gasteiger partial charge in [0.25, 0.3) is 0 Å². The fourth-order valence-electron chi connectivity index (χ4n) is 1.35. The molecule has 2 N–H and O–H groups in total. The fraction of sp³-hybridized carbons (Fsp3) is 0.417. The van der Waals surface area contributed by atoms with Crippen molar-refractivity contribution in [2.75, 3.05) is 20.3 Å². The third kappa shape index (κ3) is 4.42. The van der Waals surface area contributed by atoms with Gasteiger partial charge in [0.05, 0.1) is 18.8 Å². The standard InChI is InChI=1S/C12H16O5/c1-16-3-2-4-17-11-6-9(8-13)5-10(7-11)12(14)15/h5-7,13H,2-4,8H2,1H3,(H,14,15). The van der Waals surface area contributed by atoms with Crippen LogP contribution in [0.4, 0.5) is 0 Å². The average molecular weight is 240 g/mol. The maximum absolute atomic E-state index is 10.8. The fourth-order valence-corrected chi connectivity index (χ4v) is 1.35. The van der Waals surface area contributed by atoms with Crippen LogP contribution < -0.4 is 4.74 Å². The predicted molar refractivity (Wildman–Crippen MR) is 61.3 cm³/mol. The molecule has 0 radical (unpaired) electrons. The molecule has 5 heteroatoms. The Bertz CT molecular complexity index is 375. The lowest BCUT2D eigenvalue weighted by Crippen LogP contribution is -2.04. The summed E-state index contributed by atoms with van der Waals surface area (Å²) in [5.74, 6) is -0.591. The first-order valence-electron chi connectivity index (χ1n) is 5.27. The maximum Gasteiger partial charge on any atom is 0.335 e. The Balaban J connectivity index is 2.70. The van der Waals surface area contributed by atoms with Crippen LogP contribution in [0, 0.1) is 0 Å². The summed E-state index contributed by atoms with van der Waals surface area (Å²) in [4.78, 5) is 10.8. The van der Waals surface area contributed by atoms with E-state index in [9.17, 15) is 4.79 Å². The van der Waals surface area contributed by atoms with E-state index in [1.54, 1.807) is 13.2 Å². The van der Waals surface area contributed by atoms with Crippen molar-refractivity contribution in [2.45, 2.75) is 13.0 Å². The highest BCUT2D eigenvalue weighted by molar-refractivity contribution is 5.88. The molecule has 0 saturated carbocycles. The first kappa shape index (κ1) is 13.5. The van der Waals surface area contributed by atoms with Gasteiger partial charge in [-0.05, 0) is 23.8 Å². The maximum atomic E-state index is 10.8. The number of hydrogen-bond acceptors (Lipinski definition) is 4. The quantitative estimate of drug-likeness (QED) is 0.702. The smallest absolute Gasteiger partial charge is 0.335 e. The second kappa shape index (κ2) is 6.88. The molecule has 0 heterocycles. The van der Waals surface area contributed by atoms with E-state index in [2.05, 4.69) is 0 Å². The lowest BCUT2D eigenvalue weighted by Gasteiger charge is -2.08. The van der Waals surface area contributed by atoms with Gasteiger partial charge in [0.15, 0.2) is 0 Å². The van der Waals surface area contributed by atoms with Crippen molar-refractivity contribution in [2.24, 2.45) is 0 Å². The summed E-state index contributed by atoms with van der Waals surface area (Å²) < 4.78 is 10.3. The summed E-state index contributed by atoms with van der Waals surface area (Å²) in [5.41, 5.74) is 0.630. The third-order valence-corrected chi connectivity index (χ3v) is 2.16. The zero-order valence-corrected chi connectivity index (χ0v) is 9.68. The lowest BCUT2D eigenvalue weighted by molar-refractivity contribution is 0.0696. The van der Waals surface area contributed by atoms with Crippen molar-refractivity contribution in [3.8, 4) is 5.75 Å². The predicted octanol–water partition coefficient (Wildman–Crippen LogP) is 1.29. The summed E-state index contributed by atoms with van der Waals surface area (Å²) in [6, 6.07) is 4.48. The number of hydrogen-bond donors (Lipinski definition) is 2. The van der Waals surface area contributed by atoms with E-state index in [0.29, 0.717) is 24.5 Å². The first-order chi connectivity index (χ1) is 8.17. The molecule has 94 valence electrons. The van der Waals surface area contributed by atoms with Gasteiger partial charge in [-0.15, -0.1) is 0 Å². The van der Waals surface area contributed by atoms with E-state index >= 15 is 0 Å². The van der Waals surface area contributed by atoms with Gasteiger partial charge >= 0.3 is 5.97 Å². The minimum absolute atomic E-state index is 0.110. The molecule has 0 amide bonds. The molecule has 0 bridgehead atoms. The average Bonchev–Trinajstić information content (AvgIpc) is 2.34. The highest BCUT2D eigenvalue weighted by atomic mass is 16.5. The number of ether oxygens (including phenoxy) is 2. The van der Waals surface area contributed by atoms with E-state index in [0.717, 1.165) is 6.42 Å². The summed E-state index contributed by atoms with van der Waals surface area (Å²) in [7, 11) is 1.61. The van der Waals surface area contributed by atoms with Crippen LogP contribution in [0.5, 0.6) is 5.75 Å². The second-order valence-corrected chi connectivity index (χ2v) is 3.52. The zero-order valence-electron chi connectivity index (χ0n) is 9.68. The third-order valence-electron chi connectivity index (χ3n) is 2.16. The summed E-state index contributed by atoms with van der Waals surface area (Å²) in [5, 5.41) is 17.9. The van der Waals surface area contributed by atoms with Gasteiger partial charge in [-0.2, -0.15) is 0 Å². The van der Waals surface area contributed by atoms with E-state index in [1.165, 1.54) is 12.1 Å². The van der Waals surface area contributed by atoms with Crippen molar-refractivity contribution >= 4 is 5.97 Å². The number of rotatable bonds is 7. The largest absolute Gasteiger partial charge is 0.493 e. The van der Waals surface area contributed by atoms with Crippen LogP contribution in [0.15, 0.2) is 18.2 Å². The minimum atomic E-state index is -1.04. The van der Waals surface area contributed by atoms with Crippen LogP contribution >= 0.6 is 0 Å². The number of aliphatic hydroxyl groups excluding tert-OH is 1. The zero-order chi connectivity index (χ0) is 12.7. The first-order valence-corrected chi connectivity index (χ1v) is 5.27. The topological polar surface area (TPSA) is 76.0 Å². The Morgan fingerprint density at radius 3 is 2.65 bits per heavy atom. The minimum Gasteiger partial charge on any atom is -0.493 e. The van der Waals surface area contributed by atoms with Crippen molar-refractivity contribution in [1.82, 2.24) is 0 Å². The van der Waals surface area contributed by atoms with Gasteiger partial charge in [-0.1, -0.05) is 0 Å². The molecular weight excluding hydrogens is 224 g/mol.